The lowest BCUT2D eigenvalue weighted by Gasteiger charge is -2.34. The van der Waals surface area contributed by atoms with E-state index in [0.29, 0.717) is 6.54 Å². The predicted molar refractivity (Wildman–Crippen MR) is 86.2 cm³/mol. The first kappa shape index (κ1) is 16.9. The average molecular weight is 335 g/mol. The number of rotatable bonds is 4. The minimum absolute atomic E-state index is 0.591. The van der Waals surface area contributed by atoms with E-state index in [1.54, 1.807) is 18.3 Å². The molecule has 0 spiro atoms. The summed E-state index contributed by atoms with van der Waals surface area (Å²) in [6.07, 6.45) is -2.47. The molecule has 6 heteroatoms. The summed E-state index contributed by atoms with van der Waals surface area (Å²) >= 11 is 0. The van der Waals surface area contributed by atoms with Gasteiger partial charge in [-0.1, -0.05) is 18.2 Å². The maximum absolute atomic E-state index is 12.6. The second-order valence-corrected chi connectivity index (χ2v) is 6.07. The van der Waals surface area contributed by atoms with Crippen LogP contribution in [0.3, 0.4) is 0 Å². The molecule has 3 rings (SSSR count). The highest BCUT2D eigenvalue weighted by Gasteiger charge is 2.30. The third-order valence-electron chi connectivity index (χ3n) is 4.26. The zero-order valence-corrected chi connectivity index (χ0v) is 13.3. The Bertz CT molecular complexity index is 633. The lowest BCUT2D eigenvalue weighted by molar-refractivity contribution is -0.137. The number of pyridine rings is 1. The normalized spacial score (nSPS) is 17.1. The van der Waals surface area contributed by atoms with Gasteiger partial charge in [0, 0.05) is 45.5 Å². The van der Waals surface area contributed by atoms with Crippen LogP contribution in [0.5, 0.6) is 0 Å². The summed E-state index contributed by atoms with van der Waals surface area (Å²) in [4.78, 5) is 8.97. The molecule has 3 nitrogen and oxygen atoms in total. The van der Waals surface area contributed by atoms with Crippen LogP contribution in [-0.4, -0.2) is 41.0 Å². The summed E-state index contributed by atoms with van der Waals surface area (Å²) in [5, 5.41) is 0. The van der Waals surface area contributed by atoms with Crippen LogP contribution in [0.1, 0.15) is 16.8 Å². The van der Waals surface area contributed by atoms with E-state index in [2.05, 4.69) is 14.8 Å². The van der Waals surface area contributed by atoms with E-state index in [4.69, 9.17) is 0 Å². The SMILES string of the molecule is FC(F)(F)c1ccc(CN2CCN(Cc3ccccn3)CC2)cc1. The van der Waals surface area contributed by atoms with Crippen LogP contribution in [0.4, 0.5) is 13.2 Å². The summed E-state index contributed by atoms with van der Waals surface area (Å²) in [7, 11) is 0. The van der Waals surface area contributed by atoms with E-state index in [-0.39, 0.29) is 0 Å². The predicted octanol–water partition coefficient (Wildman–Crippen LogP) is 3.42. The Morgan fingerprint density at radius 1 is 0.833 bits per heavy atom. The number of piperazine rings is 1. The van der Waals surface area contributed by atoms with Crippen LogP contribution in [0.15, 0.2) is 48.7 Å². The first-order chi connectivity index (χ1) is 11.5. The van der Waals surface area contributed by atoms with Crippen LogP contribution in [0, 0.1) is 0 Å². The van der Waals surface area contributed by atoms with Crippen molar-refractivity contribution in [2.45, 2.75) is 19.3 Å². The van der Waals surface area contributed by atoms with Crippen molar-refractivity contribution < 1.29 is 13.2 Å². The van der Waals surface area contributed by atoms with Crippen molar-refractivity contribution in [1.29, 1.82) is 0 Å². The zero-order chi connectivity index (χ0) is 17.0. The van der Waals surface area contributed by atoms with Gasteiger partial charge in [-0.2, -0.15) is 13.2 Å². The molecule has 1 aliphatic heterocycles. The van der Waals surface area contributed by atoms with Gasteiger partial charge in [0.1, 0.15) is 0 Å². The fourth-order valence-corrected chi connectivity index (χ4v) is 2.88. The summed E-state index contributed by atoms with van der Waals surface area (Å²) in [6, 6.07) is 11.4. The molecule has 0 bridgehead atoms. The Labute approximate surface area is 139 Å². The molecule has 0 unspecified atom stereocenters. The number of hydrogen-bond donors (Lipinski definition) is 0. The molecule has 2 aromatic rings. The monoisotopic (exact) mass is 335 g/mol. The number of alkyl halides is 3. The Morgan fingerprint density at radius 3 is 2.00 bits per heavy atom. The summed E-state index contributed by atoms with van der Waals surface area (Å²) in [5.74, 6) is 0. The van der Waals surface area contributed by atoms with Crippen molar-refractivity contribution in [2.75, 3.05) is 26.2 Å². The molecule has 1 aromatic heterocycles. The van der Waals surface area contributed by atoms with Gasteiger partial charge in [0.05, 0.1) is 11.3 Å². The minimum atomic E-state index is -4.27. The third-order valence-corrected chi connectivity index (χ3v) is 4.26. The quantitative estimate of drug-likeness (QED) is 0.853. The molecule has 2 heterocycles. The fourth-order valence-electron chi connectivity index (χ4n) is 2.88. The summed E-state index contributed by atoms with van der Waals surface area (Å²) in [6.45, 7) is 5.24. The molecule has 1 fully saturated rings. The van der Waals surface area contributed by atoms with E-state index in [9.17, 15) is 13.2 Å². The van der Waals surface area contributed by atoms with Gasteiger partial charge in [-0.3, -0.25) is 14.8 Å². The number of halogens is 3. The molecule has 0 saturated carbocycles. The maximum atomic E-state index is 12.6. The van der Waals surface area contributed by atoms with Gasteiger partial charge >= 0.3 is 6.18 Å². The number of hydrogen-bond acceptors (Lipinski definition) is 3. The standard InChI is InChI=1S/C18H20F3N3/c19-18(20,21)16-6-4-15(5-7-16)13-23-9-11-24(12-10-23)14-17-3-1-2-8-22-17/h1-8H,9-14H2. The van der Waals surface area contributed by atoms with Crippen molar-refractivity contribution in [3.63, 3.8) is 0 Å². The molecule has 0 aliphatic carbocycles. The topological polar surface area (TPSA) is 19.4 Å². The summed E-state index contributed by atoms with van der Waals surface area (Å²) < 4.78 is 37.7. The molecule has 0 amide bonds. The lowest BCUT2D eigenvalue weighted by atomic mass is 10.1. The second kappa shape index (κ2) is 7.32. The van der Waals surface area contributed by atoms with Gasteiger partial charge in [-0.15, -0.1) is 0 Å². The Hall–Kier alpha value is -1.92. The molecule has 1 saturated heterocycles. The van der Waals surface area contributed by atoms with Crippen molar-refractivity contribution in [1.82, 2.24) is 14.8 Å². The molecular formula is C18H20F3N3. The molecule has 0 atom stereocenters. The molecule has 0 radical (unpaired) electrons. The van der Waals surface area contributed by atoms with Crippen molar-refractivity contribution in [3.05, 3.63) is 65.5 Å². The van der Waals surface area contributed by atoms with Crippen LogP contribution in [0.2, 0.25) is 0 Å². The summed E-state index contributed by atoms with van der Waals surface area (Å²) in [5.41, 5.74) is 1.39. The Morgan fingerprint density at radius 2 is 1.46 bits per heavy atom. The minimum Gasteiger partial charge on any atom is -0.297 e. The largest absolute Gasteiger partial charge is 0.416 e. The van der Waals surface area contributed by atoms with Gasteiger partial charge in [-0.05, 0) is 29.8 Å². The average Bonchev–Trinajstić information content (AvgIpc) is 2.57. The Balaban J connectivity index is 1.48. The van der Waals surface area contributed by atoms with E-state index < -0.39 is 11.7 Å². The number of aromatic nitrogens is 1. The van der Waals surface area contributed by atoms with Crippen molar-refractivity contribution in [2.24, 2.45) is 0 Å². The first-order valence-corrected chi connectivity index (χ1v) is 8.01. The van der Waals surface area contributed by atoms with E-state index in [1.165, 1.54) is 0 Å². The molecular weight excluding hydrogens is 315 g/mol. The van der Waals surface area contributed by atoms with E-state index in [1.807, 2.05) is 18.2 Å². The van der Waals surface area contributed by atoms with Crippen LogP contribution < -0.4 is 0 Å². The number of nitrogens with zero attached hydrogens (tertiary/aromatic N) is 3. The van der Waals surface area contributed by atoms with Crippen molar-refractivity contribution in [3.8, 4) is 0 Å². The maximum Gasteiger partial charge on any atom is 0.416 e. The highest BCUT2D eigenvalue weighted by Crippen LogP contribution is 2.29. The van der Waals surface area contributed by atoms with E-state index >= 15 is 0 Å². The molecule has 128 valence electrons. The van der Waals surface area contributed by atoms with Gasteiger partial charge in [0.2, 0.25) is 0 Å². The van der Waals surface area contributed by atoms with Crippen molar-refractivity contribution >= 4 is 0 Å². The van der Waals surface area contributed by atoms with Crippen LogP contribution in [-0.2, 0) is 19.3 Å². The smallest absolute Gasteiger partial charge is 0.297 e. The molecule has 1 aromatic carbocycles. The van der Waals surface area contributed by atoms with Crippen LogP contribution in [0.25, 0.3) is 0 Å². The first-order valence-electron chi connectivity index (χ1n) is 8.01. The van der Waals surface area contributed by atoms with Gasteiger partial charge in [0.15, 0.2) is 0 Å². The van der Waals surface area contributed by atoms with E-state index in [0.717, 1.165) is 56.1 Å². The number of benzene rings is 1. The van der Waals surface area contributed by atoms with Gasteiger partial charge < -0.3 is 0 Å². The second-order valence-electron chi connectivity index (χ2n) is 6.07. The highest BCUT2D eigenvalue weighted by atomic mass is 19.4. The third kappa shape index (κ3) is 4.55. The lowest BCUT2D eigenvalue weighted by Crippen LogP contribution is -2.45. The molecule has 0 N–H and O–H groups in total. The Kier molecular flexibility index (Phi) is 5.16. The molecule has 24 heavy (non-hydrogen) atoms. The van der Waals surface area contributed by atoms with Crippen LogP contribution >= 0.6 is 0 Å². The highest BCUT2D eigenvalue weighted by molar-refractivity contribution is 5.24. The molecule has 1 aliphatic rings. The zero-order valence-electron chi connectivity index (χ0n) is 13.3. The van der Waals surface area contributed by atoms with Gasteiger partial charge in [-0.25, -0.2) is 0 Å². The fraction of sp³-hybridized carbons (Fsp3) is 0.389. The van der Waals surface area contributed by atoms with Gasteiger partial charge in [0.25, 0.3) is 0 Å².